The molecule has 0 fully saturated rings. The van der Waals surface area contributed by atoms with E-state index in [1.54, 1.807) is 48.8 Å². The highest BCUT2D eigenvalue weighted by atomic mass is 16.5. The number of para-hydroxylation sites is 1. The fourth-order valence-electron chi connectivity index (χ4n) is 4.88. The molecule has 5 rings (SSSR count). The second-order valence-electron chi connectivity index (χ2n) is 8.87. The van der Waals surface area contributed by atoms with Crippen molar-refractivity contribution in [2.45, 2.75) is 24.8 Å². The minimum absolute atomic E-state index is 0.0904. The van der Waals surface area contributed by atoms with Crippen molar-refractivity contribution in [3.05, 3.63) is 107 Å². The summed E-state index contributed by atoms with van der Waals surface area (Å²) in [7, 11) is 3.01. The lowest BCUT2D eigenvalue weighted by atomic mass is 9.76. The number of anilines is 1. The molecule has 2 atom stereocenters. The van der Waals surface area contributed by atoms with E-state index in [-0.39, 0.29) is 29.3 Å². The Kier molecular flexibility index (Phi) is 7.26. The molecular weight excluding hydrogens is 482 g/mol. The third-order valence-electron chi connectivity index (χ3n) is 6.65. The first-order chi connectivity index (χ1) is 18.6. The first-order valence-corrected chi connectivity index (χ1v) is 12.2. The van der Waals surface area contributed by atoms with E-state index in [1.165, 1.54) is 26.1 Å². The molecule has 2 aromatic heterocycles. The van der Waals surface area contributed by atoms with Gasteiger partial charge in [-0.2, -0.15) is 0 Å². The van der Waals surface area contributed by atoms with Gasteiger partial charge in [0, 0.05) is 24.4 Å². The van der Waals surface area contributed by atoms with E-state index >= 15 is 0 Å². The number of methoxy groups -OCH3 is 2. The summed E-state index contributed by atoms with van der Waals surface area (Å²) < 4.78 is 10.7. The number of ether oxygens (including phenoxy) is 2. The van der Waals surface area contributed by atoms with Crippen LogP contribution in [0.2, 0.25) is 0 Å². The van der Waals surface area contributed by atoms with Gasteiger partial charge in [-0.1, -0.05) is 36.4 Å². The predicted molar refractivity (Wildman–Crippen MR) is 142 cm³/mol. The number of carbonyl (C=O) groups excluding carboxylic acids is 2. The van der Waals surface area contributed by atoms with Gasteiger partial charge in [-0.25, -0.2) is 15.0 Å². The Hall–Kier alpha value is -4.79. The lowest BCUT2D eigenvalue weighted by molar-refractivity contribution is 0.0924. The van der Waals surface area contributed by atoms with Crippen molar-refractivity contribution in [2.75, 3.05) is 19.5 Å². The van der Waals surface area contributed by atoms with Crippen LogP contribution in [0, 0.1) is 0 Å². The average Bonchev–Trinajstić information content (AvgIpc) is 2.97. The number of nitrogens with one attached hydrogen (secondary N) is 2. The first kappa shape index (κ1) is 24.9. The minimum atomic E-state index is -0.492. The largest absolute Gasteiger partial charge is 0.494 e. The number of pyridine rings is 1. The summed E-state index contributed by atoms with van der Waals surface area (Å²) >= 11 is 0. The molecule has 0 bridgehead atoms. The number of rotatable bonds is 7. The van der Waals surface area contributed by atoms with E-state index in [0.29, 0.717) is 17.2 Å². The molecule has 0 radical (unpaired) electrons. The topological polar surface area (TPSA) is 115 Å². The van der Waals surface area contributed by atoms with E-state index in [2.05, 4.69) is 37.7 Å². The van der Waals surface area contributed by atoms with Gasteiger partial charge in [-0.3, -0.25) is 9.59 Å². The van der Waals surface area contributed by atoms with Crippen LogP contribution >= 0.6 is 0 Å². The maximum Gasteiger partial charge on any atom is 0.274 e. The molecule has 1 aliphatic carbocycles. The van der Waals surface area contributed by atoms with Crippen LogP contribution in [0.25, 0.3) is 0 Å². The number of aromatic nitrogens is 3. The number of nitrogens with zero attached hydrogens (tertiary/aromatic N) is 3. The normalized spacial score (nSPS) is 16.2. The van der Waals surface area contributed by atoms with Gasteiger partial charge in [0.15, 0.2) is 0 Å². The van der Waals surface area contributed by atoms with Crippen LogP contribution in [-0.4, -0.2) is 47.0 Å². The number of aryl methyl sites for hydroxylation is 1. The molecule has 4 aromatic rings. The summed E-state index contributed by atoms with van der Waals surface area (Å²) in [4.78, 5) is 39.2. The van der Waals surface area contributed by atoms with Gasteiger partial charge in [0.25, 0.3) is 11.8 Å². The molecule has 2 amide bonds. The zero-order valence-corrected chi connectivity index (χ0v) is 21.0. The third-order valence-corrected chi connectivity index (χ3v) is 6.65. The highest BCUT2D eigenvalue weighted by Gasteiger charge is 2.32. The predicted octanol–water partition coefficient (Wildman–Crippen LogP) is 4.02. The summed E-state index contributed by atoms with van der Waals surface area (Å²) in [5, 5.41) is 5.94. The van der Waals surface area contributed by atoms with E-state index in [0.717, 1.165) is 24.0 Å². The van der Waals surface area contributed by atoms with Crippen molar-refractivity contribution < 1.29 is 19.1 Å². The van der Waals surface area contributed by atoms with Crippen molar-refractivity contribution in [1.29, 1.82) is 0 Å². The zero-order valence-electron chi connectivity index (χ0n) is 21.0. The highest BCUT2D eigenvalue weighted by molar-refractivity contribution is 6.05. The van der Waals surface area contributed by atoms with Gasteiger partial charge in [0.05, 0.1) is 14.2 Å². The fraction of sp³-hybridized carbons (Fsp3) is 0.207. The van der Waals surface area contributed by atoms with Gasteiger partial charge in [-0.15, -0.1) is 0 Å². The molecular formula is C29H27N5O4. The number of hydrogen-bond donors (Lipinski definition) is 2. The molecule has 2 heterocycles. The minimum Gasteiger partial charge on any atom is -0.494 e. The number of carbonyl (C=O) groups is 2. The molecule has 0 saturated heterocycles. The standard InChI is InChI=1S/C29H27N5O4/c1-37-24-11-6-12-25(38-2)27(24)34-29(36)23-10-5-9-22(32-23)28(35)33-21-14-13-18-7-3-4-8-20(18)26(21)19-15-30-17-31-16-19/h3-12,15-17,21,26H,13-14H2,1-2H3,(H,33,35)(H,34,36)/t21-,26+/m0/s1. The monoisotopic (exact) mass is 509 g/mol. The molecule has 0 spiro atoms. The van der Waals surface area contributed by atoms with Gasteiger partial charge in [0.2, 0.25) is 0 Å². The number of fused-ring (bicyclic) bond motifs is 1. The lowest BCUT2D eigenvalue weighted by Gasteiger charge is -2.34. The summed E-state index contributed by atoms with van der Waals surface area (Å²) in [5.74, 6) is -0.0658. The van der Waals surface area contributed by atoms with Crippen molar-refractivity contribution in [3.8, 4) is 11.5 Å². The molecule has 1 aliphatic rings. The molecule has 2 aromatic carbocycles. The summed E-state index contributed by atoms with van der Waals surface area (Å²) in [6.45, 7) is 0. The average molecular weight is 510 g/mol. The molecule has 0 aliphatic heterocycles. The van der Waals surface area contributed by atoms with Gasteiger partial charge in [-0.05, 0) is 53.8 Å². The van der Waals surface area contributed by atoms with Crippen molar-refractivity contribution >= 4 is 17.5 Å². The molecule has 9 nitrogen and oxygen atoms in total. The van der Waals surface area contributed by atoms with Crippen LogP contribution in [0.1, 0.15) is 50.0 Å². The summed E-state index contributed by atoms with van der Waals surface area (Å²) in [6, 6.07) is 18.0. The zero-order chi connectivity index (χ0) is 26.5. The summed E-state index contributed by atoms with van der Waals surface area (Å²) in [5.41, 5.74) is 3.94. The number of hydrogen-bond acceptors (Lipinski definition) is 7. The lowest BCUT2D eigenvalue weighted by Crippen LogP contribution is -2.42. The van der Waals surface area contributed by atoms with Gasteiger partial charge >= 0.3 is 0 Å². The van der Waals surface area contributed by atoms with Crippen molar-refractivity contribution in [2.24, 2.45) is 0 Å². The van der Waals surface area contributed by atoms with E-state index < -0.39 is 5.91 Å². The van der Waals surface area contributed by atoms with E-state index in [9.17, 15) is 9.59 Å². The Balaban J connectivity index is 1.38. The SMILES string of the molecule is COc1cccc(OC)c1NC(=O)c1cccc(C(=O)N[C@H]2CCc3ccccc3[C@H]2c2cncnc2)n1. The maximum atomic E-state index is 13.4. The van der Waals surface area contributed by atoms with Gasteiger partial charge in [0.1, 0.15) is 34.9 Å². The van der Waals surface area contributed by atoms with Crippen LogP contribution in [0.5, 0.6) is 11.5 Å². The number of benzene rings is 2. The molecule has 2 N–H and O–H groups in total. The quantitative estimate of drug-likeness (QED) is 0.387. The molecule has 38 heavy (non-hydrogen) atoms. The van der Waals surface area contributed by atoms with E-state index in [1.807, 2.05) is 12.1 Å². The Labute approximate surface area is 220 Å². The smallest absolute Gasteiger partial charge is 0.274 e. The molecule has 192 valence electrons. The van der Waals surface area contributed by atoms with Crippen LogP contribution in [-0.2, 0) is 6.42 Å². The Bertz CT molecular complexity index is 1440. The number of amides is 2. The summed E-state index contributed by atoms with van der Waals surface area (Å²) in [6.07, 6.45) is 6.65. The first-order valence-electron chi connectivity index (χ1n) is 12.2. The molecule has 0 unspecified atom stereocenters. The van der Waals surface area contributed by atoms with Crippen LogP contribution in [0.3, 0.4) is 0 Å². The third kappa shape index (κ3) is 5.04. The van der Waals surface area contributed by atoms with Gasteiger partial charge < -0.3 is 20.1 Å². The molecule has 0 saturated carbocycles. The van der Waals surface area contributed by atoms with Crippen molar-refractivity contribution in [1.82, 2.24) is 20.3 Å². The fourth-order valence-corrected chi connectivity index (χ4v) is 4.88. The van der Waals surface area contributed by atoms with Crippen molar-refractivity contribution in [3.63, 3.8) is 0 Å². The molecule has 9 heteroatoms. The van der Waals surface area contributed by atoms with E-state index in [4.69, 9.17) is 9.47 Å². The van der Waals surface area contributed by atoms with Crippen LogP contribution in [0.4, 0.5) is 5.69 Å². The maximum absolute atomic E-state index is 13.4. The highest BCUT2D eigenvalue weighted by Crippen LogP contribution is 2.37. The second kappa shape index (κ2) is 11.1. The van der Waals surface area contributed by atoms with Crippen LogP contribution in [0.15, 0.2) is 79.4 Å². The Morgan fingerprint density at radius 1 is 0.842 bits per heavy atom. The van der Waals surface area contributed by atoms with Crippen LogP contribution < -0.4 is 20.1 Å². The Morgan fingerprint density at radius 3 is 2.21 bits per heavy atom. The Morgan fingerprint density at radius 2 is 1.50 bits per heavy atom. The second-order valence-corrected chi connectivity index (χ2v) is 8.87.